The van der Waals surface area contributed by atoms with Gasteiger partial charge in [-0.15, -0.1) is 0 Å². The molecule has 0 aromatic heterocycles. The molecule has 0 amide bonds. The van der Waals surface area contributed by atoms with E-state index in [9.17, 15) is 13.6 Å². The Balaban J connectivity index is 3.04. The first-order chi connectivity index (χ1) is 9.41. The zero-order valence-corrected chi connectivity index (χ0v) is 11.8. The lowest BCUT2D eigenvalue weighted by atomic mass is 9.88. The predicted molar refractivity (Wildman–Crippen MR) is 70.7 cm³/mol. The van der Waals surface area contributed by atoms with E-state index in [1.54, 1.807) is 12.1 Å². The van der Waals surface area contributed by atoms with E-state index in [2.05, 4.69) is 14.8 Å². The first kappa shape index (κ1) is 16.4. The highest BCUT2D eigenvalue weighted by Crippen LogP contribution is 2.28. The highest BCUT2D eigenvalue weighted by molar-refractivity contribution is 5.71. The maximum Gasteiger partial charge on any atom is 0.387 e. The molecule has 0 heterocycles. The minimum absolute atomic E-state index is 0.0616. The third kappa shape index (κ3) is 4.45. The second-order valence-corrected chi connectivity index (χ2v) is 4.52. The number of hydrogen-bond donors (Lipinski definition) is 1. The van der Waals surface area contributed by atoms with Gasteiger partial charge in [-0.2, -0.15) is 8.78 Å². The largest absolute Gasteiger partial charge is 0.469 e. The monoisotopic (exact) mass is 287 g/mol. The van der Waals surface area contributed by atoms with Crippen LogP contribution in [0.4, 0.5) is 8.78 Å². The van der Waals surface area contributed by atoms with E-state index in [0.717, 1.165) is 0 Å². The number of carbonyl (C=O) groups excluding carboxylic acids is 1. The molecule has 1 N–H and O–H groups in total. The Morgan fingerprint density at radius 3 is 2.70 bits per heavy atom. The summed E-state index contributed by atoms with van der Waals surface area (Å²) >= 11 is 0. The molecule has 0 radical (unpaired) electrons. The summed E-state index contributed by atoms with van der Waals surface area (Å²) in [6.07, 6.45) is 0.0927. The normalized spacial score (nSPS) is 13.9. The van der Waals surface area contributed by atoms with Crippen LogP contribution >= 0.6 is 0 Å². The summed E-state index contributed by atoms with van der Waals surface area (Å²) in [6.45, 7) is 1.45. The number of benzene rings is 1. The fraction of sp³-hybridized carbons (Fsp3) is 0.500. The van der Waals surface area contributed by atoms with Gasteiger partial charge in [0.1, 0.15) is 5.75 Å². The van der Waals surface area contributed by atoms with E-state index in [4.69, 9.17) is 0 Å². The van der Waals surface area contributed by atoms with Crippen molar-refractivity contribution < 1.29 is 23.0 Å². The van der Waals surface area contributed by atoms with Crippen molar-refractivity contribution in [2.24, 2.45) is 0 Å². The zero-order chi connectivity index (χ0) is 15.2. The van der Waals surface area contributed by atoms with E-state index in [-0.39, 0.29) is 18.1 Å². The number of ether oxygens (including phenoxy) is 2. The molecule has 1 aromatic carbocycles. The number of carbonyl (C=O) groups is 1. The van der Waals surface area contributed by atoms with E-state index in [0.29, 0.717) is 12.1 Å². The van der Waals surface area contributed by atoms with E-state index < -0.39 is 12.2 Å². The van der Waals surface area contributed by atoms with Crippen molar-refractivity contribution in [3.63, 3.8) is 0 Å². The van der Waals surface area contributed by atoms with Gasteiger partial charge >= 0.3 is 12.6 Å². The third-order valence-corrected chi connectivity index (χ3v) is 2.99. The van der Waals surface area contributed by atoms with Crippen molar-refractivity contribution >= 4 is 5.97 Å². The summed E-state index contributed by atoms with van der Waals surface area (Å²) in [5.74, 6) is -0.319. The molecule has 0 fully saturated rings. The second kappa shape index (κ2) is 7.19. The maximum absolute atomic E-state index is 12.2. The Bertz CT molecular complexity index is 454. The first-order valence-electron chi connectivity index (χ1n) is 6.28. The average Bonchev–Trinajstić information content (AvgIpc) is 2.38. The molecule has 0 spiro atoms. The van der Waals surface area contributed by atoms with Gasteiger partial charge in [-0.05, 0) is 31.2 Å². The lowest BCUT2D eigenvalue weighted by Gasteiger charge is -2.30. The first-order valence-corrected chi connectivity index (χ1v) is 6.28. The van der Waals surface area contributed by atoms with Crippen LogP contribution in [0, 0.1) is 0 Å². The summed E-state index contributed by atoms with van der Waals surface area (Å²) in [5.41, 5.74) is -0.0218. The van der Waals surface area contributed by atoms with Crippen LogP contribution in [0.3, 0.4) is 0 Å². The molecule has 4 nitrogen and oxygen atoms in total. The quantitative estimate of drug-likeness (QED) is 0.783. The second-order valence-electron chi connectivity index (χ2n) is 4.52. The zero-order valence-electron chi connectivity index (χ0n) is 11.8. The van der Waals surface area contributed by atoms with Crippen LogP contribution in [0.25, 0.3) is 0 Å². The van der Waals surface area contributed by atoms with Crippen LogP contribution in [-0.2, 0) is 15.1 Å². The van der Waals surface area contributed by atoms with Gasteiger partial charge in [-0.3, -0.25) is 4.79 Å². The van der Waals surface area contributed by atoms with Gasteiger partial charge in [0.2, 0.25) is 0 Å². The van der Waals surface area contributed by atoms with Crippen LogP contribution in [0.1, 0.15) is 25.8 Å². The molecule has 1 unspecified atom stereocenters. The maximum atomic E-state index is 12.2. The topological polar surface area (TPSA) is 47.6 Å². The number of esters is 1. The highest BCUT2D eigenvalue weighted by atomic mass is 19.3. The molecular formula is C14H19F2NO3. The smallest absolute Gasteiger partial charge is 0.387 e. The van der Waals surface area contributed by atoms with Gasteiger partial charge in [0.05, 0.1) is 19.1 Å². The Morgan fingerprint density at radius 2 is 2.15 bits per heavy atom. The molecule has 6 heteroatoms. The van der Waals surface area contributed by atoms with E-state index in [1.165, 1.54) is 19.2 Å². The van der Waals surface area contributed by atoms with Crippen LogP contribution in [-0.4, -0.2) is 26.2 Å². The van der Waals surface area contributed by atoms with Gasteiger partial charge in [0.15, 0.2) is 0 Å². The van der Waals surface area contributed by atoms with Crippen molar-refractivity contribution in [2.45, 2.75) is 32.4 Å². The molecule has 1 rings (SSSR count). The molecule has 112 valence electrons. The lowest BCUT2D eigenvalue weighted by molar-refractivity contribution is -0.142. The highest BCUT2D eigenvalue weighted by Gasteiger charge is 2.29. The van der Waals surface area contributed by atoms with Gasteiger partial charge in [-0.25, -0.2) is 0 Å². The molecule has 1 aromatic rings. The van der Waals surface area contributed by atoms with Crippen LogP contribution in [0.15, 0.2) is 24.3 Å². The lowest BCUT2D eigenvalue weighted by Crippen LogP contribution is -2.41. The Kier molecular flexibility index (Phi) is 5.88. The molecule has 0 saturated carbocycles. The predicted octanol–water partition coefficient (Wildman–Crippen LogP) is 2.68. The van der Waals surface area contributed by atoms with Crippen molar-refractivity contribution in [3.05, 3.63) is 29.8 Å². The number of halogens is 2. The number of alkyl halides is 2. The van der Waals surface area contributed by atoms with Crippen molar-refractivity contribution in [2.75, 3.05) is 13.7 Å². The summed E-state index contributed by atoms with van der Waals surface area (Å²) in [7, 11) is 1.31. The van der Waals surface area contributed by atoms with E-state index >= 15 is 0 Å². The Morgan fingerprint density at radius 1 is 1.45 bits per heavy atom. The molecule has 0 aliphatic rings. The van der Waals surface area contributed by atoms with Gasteiger partial charge in [-0.1, -0.05) is 19.1 Å². The molecule has 0 aliphatic heterocycles. The van der Waals surface area contributed by atoms with Crippen molar-refractivity contribution in [3.8, 4) is 5.75 Å². The van der Waals surface area contributed by atoms with Gasteiger partial charge in [0.25, 0.3) is 0 Å². The molecule has 0 aliphatic carbocycles. The fourth-order valence-electron chi connectivity index (χ4n) is 2.03. The van der Waals surface area contributed by atoms with Crippen LogP contribution < -0.4 is 10.1 Å². The van der Waals surface area contributed by atoms with E-state index in [1.807, 2.05) is 13.8 Å². The van der Waals surface area contributed by atoms with Crippen LogP contribution in [0.2, 0.25) is 0 Å². The van der Waals surface area contributed by atoms with Crippen molar-refractivity contribution in [1.29, 1.82) is 0 Å². The minimum Gasteiger partial charge on any atom is -0.469 e. The third-order valence-electron chi connectivity index (χ3n) is 2.99. The van der Waals surface area contributed by atoms with Crippen LogP contribution in [0.5, 0.6) is 5.75 Å². The number of rotatable bonds is 7. The summed E-state index contributed by atoms with van der Waals surface area (Å²) < 4.78 is 33.6. The van der Waals surface area contributed by atoms with Crippen molar-refractivity contribution in [1.82, 2.24) is 5.32 Å². The van der Waals surface area contributed by atoms with Gasteiger partial charge < -0.3 is 14.8 Å². The molecule has 1 atom stereocenters. The fourth-order valence-corrected chi connectivity index (χ4v) is 2.03. The number of methoxy groups -OCH3 is 1. The summed E-state index contributed by atoms with van der Waals surface area (Å²) in [5, 5.41) is 3.18. The summed E-state index contributed by atoms with van der Waals surface area (Å²) in [4.78, 5) is 11.5. The Hall–Kier alpha value is -1.69. The summed E-state index contributed by atoms with van der Waals surface area (Å²) in [6, 6.07) is 6.31. The molecule has 20 heavy (non-hydrogen) atoms. The molecule has 0 bridgehead atoms. The minimum atomic E-state index is -2.88. The Labute approximate surface area is 117 Å². The average molecular weight is 287 g/mol. The molecular weight excluding hydrogens is 268 g/mol. The SMILES string of the molecule is CCNC(C)(CC(=O)OC)c1cccc(OC(F)F)c1. The number of hydrogen-bond acceptors (Lipinski definition) is 4. The van der Waals surface area contributed by atoms with Gasteiger partial charge in [0, 0.05) is 0 Å². The standard InChI is InChI=1S/C14H19F2NO3/c1-4-17-14(2,9-12(18)19-3)10-6-5-7-11(8-10)20-13(15)16/h5-8,13,17H,4,9H2,1-3H3. The molecule has 0 saturated heterocycles. The number of nitrogens with one attached hydrogen (secondary N) is 1.